The van der Waals surface area contributed by atoms with Gasteiger partial charge in [0.2, 0.25) is 5.91 Å². The van der Waals surface area contributed by atoms with E-state index >= 15 is 0 Å². The molecule has 0 radical (unpaired) electrons. The van der Waals surface area contributed by atoms with Gasteiger partial charge in [-0.3, -0.25) is 9.59 Å². The number of halogens is 3. The first-order valence-corrected chi connectivity index (χ1v) is 5.33. The fourth-order valence-corrected chi connectivity index (χ4v) is 1.27. The van der Waals surface area contributed by atoms with Gasteiger partial charge >= 0.3 is 6.18 Å². The second-order valence-corrected chi connectivity index (χ2v) is 3.79. The SMILES string of the molecule is CC(=O)c1cccc(NC(=O)COCC(F)(F)F)c1. The summed E-state index contributed by atoms with van der Waals surface area (Å²) in [5.41, 5.74) is 0.724. The number of benzene rings is 1. The van der Waals surface area contributed by atoms with Gasteiger partial charge in [-0.25, -0.2) is 0 Å². The van der Waals surface area contributed by atoms with Crippen molar-refractivity contribution < 1.29 is 27.5 Å². The van der Waals surface area contributed by atoms with E-state index in [0.29, 0.717) is 11.3 Å². The monoisotopic (exact) mass is 275 g/mol. The number of alkyl halides is 3. The lowest BCUT2D eigenvalue weighted by atomic mass is 10.1. The number of nitrogens with one attached hydrogen (secondary N) is 1. The lowest BCUT2D eigenvalue weighted by Crippen LogP contribution is -2.24. The highest BCUT2D eigenvalue weighted by Crippen LogP contribution is 2.14. The number of ether oxygens (including phenoxy) is 1. The third-order valence-electron chi connectivity index (χ3n) is 2.05. The zero-order valence-corrected chi connectivity index (χ0v) is 10.1. The van der Waals surface area contributed by atoms with Crippen molar-refractivity contribution in [2.45, 2.75) is 13.1 Å². The highest BCUT2D eigenvalue weighted by molar-refractivity contribution is 5.97. The van der Waals surface area contributed by atoms with Crippen LogP contribution in [0.2, 0.25) is 0 Å². The summed E-state index contributed by atoms with van der Waals surface area (Å²) in [6, 6.07) is 6.08. The Bertz CT molecular complexity index is 472. The maximum absolute atomic E-state index is 11.8. The number of Topliss-reactive ketones (excluding diaryl/α,β-unsaturated/α-hetero) is 1. The van der Waals surface area contributed by atoms with Crippen molar-refractivity contribution in [1.82, 2.24) is 0 Å². The van der Waals surface area contributed by atoms with Crippen LogP contribution in [-0.2, 0) is 9.53 Å². The molecule has 0 aromatic heterocycles. The summed E-state index contributed by atoms with van der Waals surface area (Å²) in [6.45, 7) is -0.814. The molecule has 1 amide bonds. The van der Waals surface area contributed by atoms with Crippen molar-refractivity contribution in [2.24, 2.45) is 0 Å². The molecule has 0 fully saturated rings. The van der Waals surface area contributed by atoms with Crippen molar-refractivity contribution >= 4 is 17.4 Å². The van der Waals surface area contributed by atoms with Gasteiger partial charge in [0.15, 0.2) is 5.78 Å². The molecule has 0 atom stereocenters. The Hall–Kier alpha value is -1.89. The summed E-state index contributed by atoms with van der Waals surface area (Å²) < 4.78 is 39.5. The van der Waals surface area contributed by atoms with Crippen molar-refractivity contribution in [2.75, 3.05) is 18.5 Å². The maximum Gasteiger partial charge on any atom is 0.411 e. The molecule has 0 aliphatic heterocycles. The molecule has 1 aromatic carbocycles. The first kappa shape index (κ1) is 15.2. The molecule has 7 heteroatoms. The summed E-state index contributed by atoms with van der Waals surface area (Å²) in [6.07, 6.45) is -4.46. The predicted octanol–water partition coefficient (Wildman–Crippen LogP) is 2.41. The summed E-state index contributed by atoms with van der Waals surface area (Å²) >= 11 is 0. The number of carbonyl (C=O) groups excluding carboxylic acids is 2. The van der Waals surface area contributed by atoms with E-state index in [1.807, 2.05) is 0 Å². The molecular weight excluding hydrogens is 263 g/mol. The van der Waals surface area contributed by atoms with Gasteiger partial charge in [0, 0.05) is 11.3 Å². The summed E-state index contributed by atoms with van der Waals surface area (Å²) in [7, 11) is 0. The Balaban J connectivity index is 2.48. The molecule has 0 unspecified atom stereocenters. The van der Waals surface area contributed by atoms with E-state index in [4.69, 9.17) is 0 Å². The molecule has 0 saturated carbocycles. The average Bonchev–Trinajstić information content (AvgIpc) is 2.27. The molecule has 0 heterocycles. The average molecular weight is 275 g/mol. The van der Waals surface area contributed by atoms with E-state index in [-0.39, 0.29) is 5.78 Å². The first-order valence-electron chi connectivity index (χ1n) is 5.33. The van der Waals surface area contributed by atoms with Gasteiger partial charge in [0.05, 0.1) is 0 Å². The second kappa shape index (κ2) is 6.33. The zero-order chi connectivity index (χ0) is 14.5. The standard InChI is InChI=1S/C12H12F3NO3/c1-8(17)9-3-2-4-10(5-9)16-11(18)6-19-7-12(13,14)15/h2-5H,6-7H2,1H3,(H,16,18). The molecule has 0 bridgehead atoms. The van der Waals surface area contributed by atoms with Crippen LogP contribution in [0.5, 0.6) is 0 Å². The van der Waals surface area contributed by atoms with Crippen LogP contribution in [0.25, 0.3) is 0 Å². The van der Waals surface area contributed by atoms with Gasteiger partial charge in [-0.2, -0.15) is 13.2 Å². The van der Waals surface area contributed by atoms with E-state index in [9.17, 15) is 22.8 Å². The fraction of sp³-hybridized carbons (Fsp3) is 0.333. The number of anilines is 1. The molecule has 4 nitrogen and oxygen atoms in total. The van der Waals surface area contributed by atoms with E-state index < -0.39 is 25.3 Å². The Morgan fingerprint density at radius 2 is 2.00 bits per heavy atom. The van der Waals surface area contributed by atoms with Crippen molar-refractivity contribution in [3.8, 4) is 0 Å². The third kappa shape index (κ3) is 6.01. The molecule has 1 aromatic rings. The first-order chi connectivity index (χ1) is 8.78. The van der Waals surface area contributed by atoms with E-state index in [1.165, 1.54) is 19.1 Å². The van der Waals surface area contributed by atoms with Crippen LogP contribution in [0.1, 0.15) is 17.3 Å². The quantitative estimate of drug-likeness (QED) is 0.839. The van der Waals surface area contributed by atoms with Gasteiger partial charge in [-0.15, -0.1) is 0 Å². The van der Waals surface area contributed by atoms with Crippen molar-refractivity contribution in [1.29, 1.82) is 0 Å². The normalized spacial score (nSPS) is 11.2. The van der Waals surface area contributed by atoms with E-state index in [0.717, 1.165) is 0 Å². The highest BCUT2D eigenvalue weighted by Gasteiger charge is 2.27. The van der Waals surface area contributed by atoms with Crippen LogP contribution in [0.3, 0.4) is 0 Å². The van der Waals surface area contributed by atoms with Crippen LogP contribution in [-0.4, -0.2) is 31.1 Å². The highest BCUT2D eigenvalue weighted by atomic mass is 19.4. The Labute approximate surface area is 107 Å². The van der Waals surface area contributed by atoms with E-state index in [2.05, 4.69) is 10.1 Å². The lowest BCUT2D eigenvalue weighted by Gasteiger charge is -2.08. The number of amides is 1. The van der Waals surface area contributed by atoms with Crippen LogP contribution in [0.4, 0.5) is 18.9 Å². The fourth-order valence-electron chi connectivity index (χ4n) is 1.27. The van der Waals surface area contributed by atoms with Crippen LogP contribution >= 0.6 is 0 Å². The molecule has 1 N–H and O–H groups in total. The number of carbonyl (C=O) groups is 2. The summed E-state index contributed by atoms with van der Waals surface area (Å²) in [5.74, 6) is -0.894. The molecule has 0 aliphatic carbocycles. The van der Waals surface area contributed by atoms with Crippen LogP contribution in [0, 0.1) is 0 Å². The number of rotatable bonds is 5. The lowest BCUT2D eigenvalue weighted by molar-refractivity contribution is -0.174. The Morgan fingerprint density at radius 1 is 1.32 bits per heavy atom. The number of hydrogen-bond acceptors (Lipinski definition) is 3. The minimum Gasteiger partial charge on any atom is -0.362 e. The van der Waals surface area contributed by atoms with Crippen LogP contribution in [0.15, 0.2) is 24.3 Å². The van der Waals surface area contributed by atoms with Crippen LogP contribution < -0.4 is 5.32 Å². The van der Waals surface area contributed by atoms with Gasteiger partial charge in [-0.05, 0) is 19.1 Å². The predicted molar refractivity (Wildman–Crippen MR) is 62.0 cm³/mol. The summed E-state index contributed by atoms with van der Waals surface area (Å²) in [5, 5.41) is 2.34. The van der Waals surface area contributed by atoms with Crippen molar-refractivity contribution in [3.05, 3.63) is 29.8 Å². The van der Waals surface area contributed by atoms with Crippen molar-refractivity contribution in [3.63, 3.8) is 0 Å². The minimum absolute atomic E-state index is 0.176. The summed E-state index contributed by atoms with van der Waals surface area (Å²) in [4.78, 5) is 22.4. The van der Waals surface area contributed by atoms with Gasteiger partial charge in [0.25, 0.3) is 0 Å². The molecule has 0 spiro atoms. The molecule has 104 valence electrons. The molecule has 0 aliphatic rings. The largest absolute Gasteiger partial charge is 0.411 e. The number of ketones is 1. The third-order valence-corrected chi connectivity index (χ3v) is 2.05. The Kier molecular flexibility index (Phi) is 5.05. The van der Waals surface area contributed by atoms with E-state index in [1.54, 1.807) is 12.1 Å². The van der Waals surface area contributed by atoms with Gasteiger partial charge < -0.3 is 10.1 Å². The maximum atomic E-state index is 11.8. The molecule has 19 heavy (non-hydrogen) atoms. The zero-order valence-electron chi connectivity index (χ0n) is 10.1. The molecular formula is C12H12F3NO3. The van der Waals surface area contributed by atoms with Gasteiger partial charge in [0.1, 0.15) is 13.2 Å². The molecule has 1 rings (SSSR count). The second-order valence-electron chi connectivity index (χ2n) is 3.79. The minimum atomic E-state index is -4.46. The number of hydrogen-bond donors (Lipinski definition) is 1. The topological polar surface area (TPSA) is 55.4 Å². The Morgan fingerprint density at radius 3 is 2.58 bits per heavy atom. The van der Waals surface area contributed by atoms with Gasteiger partial charge in [-0.1, -0.05) is 12.1 Å². The smallest absolute Gasteiger partial charge is 0.362 e. The molecule has 0 saturated heterocycles.